The largest absolute Gasteiger partial charge is 0.490 e. The number of anilines is 1. The van der Waals surface area contributed by atoms with E-state index in [2.05, 4.69) is 27.6 Å². The van der Waals surface area contributed by atoms with E-state index in [1.54, 1.807) is 36.5 Å². The standard InChI is InChI=1S/C24H31F2N5O3S/c1-5-21-28-29-24(30(13-12-27-17(4)32)15-19-11-10-16(3)35-19)31(21)14-18-8-7-9-20(33-6-2)22(18)34-23(25)26/h7-11,23H,5-6,12-15H2,1-4H3,(H,27,32). The number of alkyl halides is 2. The predicted molar refractivity (Wildman–Crippen MR) is 132 cm³/mol. The Morgan fingerprint density at radius 2 is 2.03 bits per heavy atom. The highest BCUT2D eigenvalue weighted by Crippen LogP contribution is 2.34. The topological polar surface area (TPSA) is 81.5 Å². The van der Waals surface area contributed by atoms with E-state index in [0.29, 0.717) is 50.0 Å². The molecule has 1 aromatic carbocycles. The van der Waals surface area contributed by atoms with Crippen molar-refractivity contribution in [1.29, 1.82) is 0 Å². The second-order valence-electron chi connectivity index (χ2n) is 7.83. The maximum Gasteiger partial charge on any atom is 0.387 e. The molecule has 3 rings (SSSR count). The third-order valence-electron chi connectivity index (χ3n) is 5.20. The fourth-order valence-electron chi connectivity index (χ4n) is 3.71. The van der Waals surface area contributed by atoms with Crippen LogP contribution >= 0.6 is 11.3 Å². The van der Waals surface area contributed by atoms with E-state index in [1.807, 2.05) is 23.3 Å². The molecule has 0 atom stereocenters. The number of aromatic nitrogens is 3. The van der Waals surface area contributed by atoms with Gasteiger partial charge in [0.25, 0.3) is 0 Å². The molecule has 0 unspecified atom stereocenters. The second-order valence-corrected chi connectivity index (χ2v) is 9.20. The summed E-state index contributed by atoms with van der Waals surface area (Å²) in [6, 6.07) is 9.21. The minimum atomic E-state index is -2.99. The summed E-state index contributed by atoms with van der Waals surface area (Å²) in [7, 11) is 0. The van der Waals surface area contributed by atoms with Crippen LogP contribution in [-0.4, -0.2) is 47.0 Å². The quantitative estimate of drug-likeness (QED) is 0.369. The van der Waals surface area contributed by atoms with E-state index >= 15 is 0 Å². The molecule has 0 radical (unpaired) electrons. The number of ether oxygens (including phenoxy) is 2. The number of halogens is 2. The highest BCUT2D eigenvalue weighted by atomic mass is 32.1. The van der Waals surface area contributed by atoms with Gasteiger partial charge in [-0.15, -0.1) is 21.5 Å². The van der Waals surface area contributed by atoms with Crippen LogP contribution in [-0.2, 0) is 24.3 Å². The van der Waals surface area contributed by atoms with Crippen molar-refractivity contribution in [2.75, 3.05) is 24.6 Å². The Balaban J connectivity index is 1.99. The van der Waals surface area contributed by atoms with E-state index < -0.39 is 6.61 Å². The van der Waals surface area contributed by atoms with Gasteiger partial charge < -0.3 is 19.7 Å². The second kappa shape index (κ2) is 12.5. The lowest BCUT2D eigenvalue weighted by Gasteiger charge is -2.25. The number of para-hydroxylation sites is 1. The van der Waals surface area contributed by atoms with Gasteiger partial charge in [-0.05, 0) is 32.0 Å². The maximum atomic E-state index is 13.3. The van der Waals surface area contributed by atoms with E-state index in [4.69, 9.17) is 9.47 Å². The molecule has 11 heteroatoms. The first-order valence-corrected chi connectivity index (χ1v) is 12.3. The van der Waals surface area contributed by atoms with Crippen LogP contribution in [0.1, 0.15) is 41.9 Å². The molecule has 3 aromatic rings. The molecule has 0 saturated carbocycles. The van der Waals surface area contributed by atoms with Crippen molar-refractivity contribution in [3.8, 4) is 11.5 Å². The number of benzene rings is 1. The van der Waals surface area contributed by atoms with Crippen molar-refractivity contribution >= 4 is 23.2 Å². The van der Waals surface area contributed by atoms with Crippen molar-refractivity contribution in [2.45, 2.75) is 53.8 Å². The van der Waals surface area contributed by atoms with E-state index in [0.717, 1.165) is 4.88 Å². The molecule has 190 valence electrons. The van der Waals surface area contributed by atoms with Crippen LogP contribution in [0.2, 0.25) is 0 Å². The van der Waals surface area contributed by atoms with E-state index in [-0.39, 0.29) is 24.0 Å². The Morgan fingerprint density at radius 3 is 2.66 bits per heavy atom. The molecule has 1 N–H and O–H groups in total. The lowest BCUT2D eigenvalue weighted by molar-refractivity contribution is -0.118. The number of carbonyl (C=O) groups excluding carboxylic acids is 1. The summed E-state index contributed by atoms with van der Waals surface area (Å²) in [5, 5.41) is 11.6. The first-order chi connectivity index (χ1) is 16.8. The number of hydrogen-bond acceptors (Lipinski definition) is 7. The van der Waals surface area contributed by atoms with Crippen LogP contribution in [0.25, 0.3) is 0 Å². The lowest BCUT2D eigenvalue weighted by atomic mass is 10.1. The molecule has 0 fully saturated rings. The smallest absolute Gasteiger partial charge is 0.387 e. The molecule has 0 bridgehead atoms. The minimum Gasteiger partial charge on any atom is -0.490 e. The zero-order valence-electron chi connectivity index (χ0n) is 20.4. The number of aryl methyl sites for hydroxylation is 2. The summed E-state index contributed by atoms with van der Waals surface area (Å²) >= 11 is 1.68. The molecule has 35 heavy (non-hydrogen) atoms. The summed E-state index contributed by atoms with van der Waals surface area (Å²) < 4.78 is 38.8. The fourth-order valence-corrected chi connectivity index (χ4v) is 4.61. The molecule has 2 aromatic heterocycles. The molecule has 0 aliphatic heterocycles. The van der Waals surface area contributed by atoms with Crippen LogP contribution in [0.5, 0.6) is 11.5 Å². The zero-order chi connectivity index (χ0) is 25.4. The SMILES string of the molecule is CCOc1cccc(Cn2c(CC)nnc2N(CCNC(C)=O)Cc2ccc(C)s2)c1OC(F)F. The van der Waals surface area contributed by atoms with Gasteiger partial charge in [-0.1, -0.05) is 19.1 Å². The highest BCUT2D eigenvalue weighted by molar-refractivity contribution is 7.11. The predicted octanol–water partition coefficient (Wildman–Crippen LogP) is 4.40. The number of nitrogens with zero attached hydrogens (tertiary/aromatic N) is 4. The average Bonchev–Trinajstić information content (AvgIpc) is 3.40. The van der Waals surface area contributed by atoms with Crippen LogP contribution in [0.3, 0.4) is 0 Å². The Labute approximate surface area is 207 Å². The molecular weight excluding hydrogens is 476 g/mol. The summed E-state index contributed by atoms with van der Waals surface area (Å²) in [6.07, 6.45) is 0.598. The fraction of sp³-hybridized carbons (Fsp3) is 0.458. The number of nitrogens with one attached hydrogen (secondary N) is 1. The van der Waals surface area contributed by atoms with Gasteiger partial charge in [0.05, 0.1) is 19.7 Å². The van der Waals surface area contributed by atoms with E-state index in [9.17, 15) is 13.6 Å². The summed E-state index contributed by atoms with van der Waals surface area (Å²) in [4.78, 5) is 15.8. The number of amides is 1. The number of thiophene rings is 1. The van der Waals surface area contributed by atoms with Crippen molar-refractivity contribution in [1.82, 2.24) is 20.1 Å². The van der Waals surface area contributed by atoms with Crippen LogP contribution in [0, 0.1) is 6.92 Å². The number of hydrogen-bond donors (Lipinski definition) is 1. The van der Waals surface area contributed by atoms with Crippen LogP contribution in [0.4, 0.5) is 14.7 Å². The highest BCUT2D eigenvalue weighted by Gasteiger charge is 2.22. The Kier molecular flexibility index (Phi) is 9.41. The normalized spacial score (nSPS) is 11.1. The van der Waals surface area contributed by atoms with Gasteiger partial charge in [0.1, 0.15) is 5.82 Å². The van der Waals surface area contributed by atoms with Crippen LogP contribution in [0.15, 0.2) is 30.3 Å². The Bertz CT molecular complexity index is 1120. The molecule has 2 heterocycles. The molecule has 0 aliphatic carbocycles. The molecule has 8 nitrogen and oxygen atoms in total. The minimum absolute atomic E-state index is 0.00438. The van der Waals surface area contributed by atoms with E-state index in [1.165, 1.54) is 11.8 Å². The van der Waals surface area contributed by atoms with Gasteiger partial charge in [-0.25, -0.2) is 0 Å². The maximum absolute atomic E-state index is 13.3. The Hall–Kier alpha value is -3.21. The Morgan fingerprint density at radius 1 is 1.23 bits per heavy atom. The molecule has 0 spiro atoms. The lowest BCUT2D eigenvalue weighted by Crippen LogP contribution is -2.35. The van der Waals surface area contributed by atoms with Gasteiger partial charge in [0.15, 0.2) is 11.5 Å². The summed E-state index contributed by atoms with van der Waals surface area (Å²) in [5.41, 5.74) is 0.528. The molecule has 0 saturated heterocycles. The molecular formula is C24H31F2N5O3S. The van der Waals surface area contributed by atoms with Gasteiger partial charge in [0.2, 0.25) is 11.9 Å². The van der Waals surface area contributed by atoms with Gasteiger partial charge in [-0.3, -0.25) is 9.36 Å². The third kappa shape index (κ3) is 7.14. The zero-order valence-corrected chi connectivity index (χ0v) is 21.2. The third-order valence-corrected chi connectivity index (χ3v) is 6.19. The first-order valence-electron chi connectivity index (χ1n) is 11.5. The monoisotopic (exact) mass is 507 g/mol. The van der Waals surface area contributed by atoms with Crippen molar-refractivity contribution in [3.63, 3.8) is 0 Å². The average molecular weight is 508 g/mol. The first kappa shape index (κ1) is 26.4. The van der Waals surface area contributed by atoms with Gasteiger partial charge in [0, 0.05) is 41.8 Å². The summed E-state index contributed by atoms with van der Waals surface area (Å²) in [5.74, 6) is 1.44. The van der Waals surface area contributed by atoms with Crippen molar-refractivity contribution in [2.24, 2.45) is 0 Å². The van der Waals surface area contributed by atoms with Crippen LogP contribution < -0.4 is 19.7 Å². The van der Waals surface area contributed by atoms with Gasteiger partial charge in [-0.2, -0.15) is 8.78 Å². The van der Waals surface area contributed by atoms with Gasteiger partial charge >= 0.3 is 6.61 Å². The van der Waals surface area contributed by atoms with Crippen molar-refractivity contribution in [3.05, 3.63) is 51.5 Å². The molecule has 1 amide bonds. The summed E-state index contributed by atoms with van der Waals surface area (Å²) in [6.45, 7) is 6.30. The van der Waals surface area contributed by atoms with Crippen molar-refractivity contribution < 1.29 is 23.0 Å². The number of carbonyl (C=O) groups is 1. The molecule has 0 aliphatic rings. The number of rotatable bonds is 13.